The molecular formula is C29H39N5O8. The molecule has 0 bridgehead atoms. The molecule has 13 heteroatoms. The van der Waals surface area contributed by atoms with E-state index in [-0.39, 0.29) is 36.2 Å². The van der Waals surface area contributed by atoms with Crippen molar-refractivity contribution >= 4 is 40.5 Å². The number of primary amides is 1. The molecule has 1 aromatic rings. The van der Waals surface area contributed by atoms with E-state index >= 15 is 0 Å². The molecule has 0 saturated heterocycles. The summed E-state index contributed by atoms with van der Waals surface area (Å²) in [5.41, 5.74) is 2.49. The lowest BCUT2D eigenvalue weighted by Gasteiger charge is -2.50. The molecule has 13 nitrogen and oxygen atoms in total. The van der Waals surface area contributed by atoms with Crippen molar-refractivity contribution < 1.29 is 39.6 Å². The fourth-order valence-corrected chi connectivity index (χ4v) is 6.45. The highest BCUT2D eigenvalue weighted by Crippen LogP contribution is 2.54. The molecule has 3 aliphatic carbocycles. The quantitative estimate of drug-likeness (QED) is 0.162. The lowest BCUT2D eigenvalue weighted by atomic mass is 9.57. The SMILES string of the molecule is CC(C)CNCC(=O)Nc1cc(N(C)C)c2c(c1O)C(O)=C1C(=O)C3(O)C(O)=C(C(N)=O)C(=O)[C@@H](N(C)C)C3CC1C2. The average Bonchev–Trinajstić information content (AvgIpc) is 2.87. The Bertz CT molecular complexity index is 1430. The first-order chi connectivity index (χ1) is 19.5. The second kappa shape index (κ2) is 11.0. The van der Waals surface area contributed by atoms with Gasteiger partial charge in [-0.25, -0.2) is 0 Å². The second-order valence-corrected chi connectivity index (χ2v) is 12.1. The number of fused-ring (bicyclic) bond motifs is 3. The van der Waals surface area contributed by atoms with Gasteiger partial charge in [0.2, 0.25) is 11.7 Å². The summed E-state index contributed by atoms with van der Waals surface area (Å²) in [6.45, 7) is 4.57. The van der Waals surface area contributed by atoms with Gasteiger partial charge in [-0.3, -0.25) is 24.1 Å². The van der Waals surface area contributed by atoms with Crippen LogP contribution in [0.15, 0.2) is 23.0 Å². The first kappa shape index (κ1) is 31.0. The van der Waals surface area contributed by atoms with Gasteiger partial charge in [0, 0.05) is 31.3 Å². The predicted molar refractivity (Wildman–Crippen MR) is 155 cm³/mol. The summed E-state index contributed by atoms with van der Waals surface area (Å²) in [6.07, 6.45) is 0.124. The summed E-state index contributed by atoms with van der Waals surface area (Å²) in [7, 11) is 6.59. The molecule has 228 valence electrons. The van der Waals surface area contributed by atoms with Crippen molar-refractivity contribution in [3.05, 3.63) is 34.1 Å². The second-order valence-electron chi connectivity index (χ2n) is 12.1. The van der Waals surface area contributed by atoms with Crippen LogP contribution >= 0.6 is 0 Å². The lowest BCUT2D eigenvalue weighted by molar-refractivity contribution is -0.153. The van der Waals surface area contributed by atoms with E-state index in [0.29, 0.717) is 23.7 Å². The number of aromatic hydroxyl groups is 1. The van der Waals surface area contributed by atoms with Crippen LogP contribution in [0, 0.1) is 17.8 Å². The summed E-state index contributed by atoms with van der Waals surface area (Å²) in [6, 6.07) is 0.417. The largest absolute Gasteiger partial charge is 0.508 e. The van der Waals surface area contributed by atoms with Crippen molar-refractivity contribution in [1.29, 1.82) is 0 Å². The number of rotatable bonds is 8. The summed E-state index contributed by atoms with van der Waals surface area (Å²) >= 11 is 0. The predicted octanol–water partition coefficient (Wildman–Crippen LogP) is 0.214. The van der Waals surface area contributed by atoms with Gasteiger partial charge in [-0.2, -0.15) is 0 Å². The Morgan fingerprint density at radius 2 is 1.79 bits per heavy atom. The number of benzene rings is 1. The Hall–Kier alpha value is -3.94. The van der Waals surface area contributed by atoms with Crippen LogP contribution in [0.25, 0.3) is 5.76 Å². The Morgan fingerprint density at radius 3 is 2.33 bits per heavy atom. The van der Waals surface area contributed by atoms with E-state index in [2.05, 4.69) is 10.6 Å². The standard InChI is InChI=1S/C29H39N5O8/c1-12(2)10-31-11-18(35)32-16-9-17(33(3)4)14-7-13-8-15-22(34(5)6)25(38)21(28(30)41)27(40)29(15,42)26(39)19(13)24(37)20(14)23(16)36/h9,12-13,15,22,31,36-37,40,42H,7-8,10-11H2,1-6H3,(H2,30,41)(H,32,35)/t13?,15?,22-,29?/m0/s1. The zero-order valence-electron chi connectivity index (χ0n) is 24.6. The van der Waals surface area contributed by atoms with Crippen LogP contribution in [0.4, 0.5) is 11.4 Å². The van der Waals surface area contributed by atoms with E-state index in [1.165, 1.54) is 4.90 Å². The number of phenols is 1. The number of hydrogen-bond acceptors (Lipinski definition) is 11. The van der Waals surface area contributed by atoms with E-state index in [4.69, 9.17) is 5.73 Å². The normalized spacial score (nSPS) is 25.4. The number of hydrogen-bond donors (Lipinski definition) is 7. The molecule has 42 heavy (non-hydrogen) atoms. The minimum Gasteiger partial charge on any atom is -0.508 e. The average molecular weight is 586 g/mol. The Labute approximate surface area is 243 Å². The Kier molecular flexibility index (Phi) is 8.15. The number of nitrogens with zero attached hydrogens (tertiary/aromatic N) is 2. The molecule has 3 unspecified atom stereocenters. The molecule has 2 amide bonds. The van der Waals surface area contributed by atoms with Gasteiger partial charge in [0.05, 0.1) is 23.8 Å². The molecule has 1 aromatic carbocycles. The third-order valence-electron chi connectivity index (χ3n) is 8.29. The topological polar surface area (TPSA) is 206 Å². The number of amides is 2. The molecule has 0 radical (unpaired) electrons. The van der Waals surface area contributed by atoms with E-state index in [9.17, 15) is 39.6 Å². The summed E-state index contributed by atoms with van der Waals surface area (Å²) < 4.78 is 0. The van der Waals surface area contributed by atoms with E-state index in [0.717, 1.165) is 0 Å². The highest BCUT2D eigenvalue weighted by Gasteiger charge is 2.64. The molecule has 0 spiro atoms. The van der Waals surface area contributed by atoms with E-state index < -0.39 is 69.7 Å². The molecular weight excluding hydrogens is 546 g/mol. The zero-order chi connectivity index (χ0) is 31.4. The molecule has 3 aliphatic rings. The minimum atomic E-state index is -2.72. The van der Waals surface area contributed by atoms with Crippen LogP contribution in [0.5, 0.6) is 5.75 Å². The molecule has 1 saturated carbocycles. The van der Waals surface area contributed by atoms with Crippen LogP contribution in [-0.2, 0) is 25.6 Å². The number of anilines is 2. The van der Waals surface area contributed by atoms with Crippen molar-refractivity contribution in [2.24, 2.45) is 23.5 Å². The highest BCUT2D eigenvalue weighted by molar-refractivity contribution is 6.24. The smallest absolute Gasteiger partial charge is 0.255 e. The molecule has 4 rings (SSSR count). The number of nitrogens with one attached hydrogen (secondary N) is 2. The van der Waals surface area contributed by atoms with Crippen molar-refractivity contribution in [3.63, 3.8) is 0 Å². The summed E-state index contributed by atoms with van der Waals surface area (Å²) in [4.78, 5) is 55.3. The maximum Gasteiger partial charge on any atom is 0.255 e. The molecule has 4 atom stereocenters. The van der Waals surface area contributed by atoms with Crippen LogP contribution in [-0.4, -0.2) is 102 Å². The Balaban J connectivity index is 1.87. The maximum atomic E-state index is 14.0. The number of nitrogens with two attached hydrogens (primary N) is 1. The van der Waals surface area contributed by atoms with Gasteiger partial charge >= 0.3 is 0 Å². The molecule has 0 aromatic heterocycles. The van der Waals surface area contributed by atoms with Gasteiger partial charge in [-0.05, 0) is 56.9 Å². The van der Waals surface area contributed by atoms with Crippen LogP contribution in [0.3, 0.4) is 0 Å². The van der Waals surface area contributed by atoms with Crippen molar-refractivity contribution in [1.82, 2.24) is 10.2 Å². The van der Waals surface area contributed by atoms with Gasteiger partial charge in [0.25, 0.3) is 5.91 Å². The number of ketones is 2. The van der Waals surface area contributed by atoms with Crippen molar-refractivity contribution in [3.8, 4) is 5.75 Å². The number of likely N-dealkylation sites (N-methyl/N-ethyl adjacent to an activating group) is 1. The Morgan fingerprint density at radius 1 is 1.14 bits per heavy atom. The van der Waals surface area contributed by atoms with Crippen molar-refractivity contribution in [2.75, 3.05) is 51.5 Å². The van der Waals surface area contributed by atoms with Crippen LogP contribution in [0.2, 0.25) is 0 Å². The van der Waals surface area contributed by atoms with Gasteiger partial charge in [0.15, 0.2) is 11.4 Å². The van der Waals surface area contributed by atoms with Gasteiger partial charge in [-0.15, -0.1) is 0 Å². The molecule has 0 heterocycles. The number of aliphatic hydroxyl groups excluding tert-OH is 2. The number of phenolic OH excluding ortho intramolecular Hbond substituents is 1. The maximum absolute atomic E-state index is 14.0. The first-order valence-corrected chi connectivity index (χ1v) is 13.7. The summed E-state index contributed by atoms with van der Waals surface area (Å²) in [5, 5.41) is 51.2. The fourth-order valence-electron chi connectivity index (χ4n) is 6.45. The zero-order valence-corrected chi connectivity index (χ0v) is 24.6. The van der Waals surface area contributed by atoms with Gasteiger partial charge < -0.3 is 41.7 Å². The molecule has 0 aliphatic heterocycles. The number of aliphatic hydroxyl groups is 3. The monoisotopic (exact) mass is 585 g/mol. The van der Waals surface area contributed by atoms with Crippen LogP contribution in [0.1, 0.15) is 31.4 Å². The summed E-state index contributed by atoms with van der Waals surface area (Å²) in [5.74, 6) is -7.42. The first-order valence-electron chi connectivity index (χ1n) is 13.7. The lowest BCUT2D eigenvalue weighted by Crippen LogP contribution is -2.65. The molecule has 8 N–H and O–H groups in total. The van der Waals surface area contributed by atoms with Gasteiger partial charge in [0.1, 0.15) is 22.8 Å². The number of Topliss-reactive ketones (excluding diaryl/α,β-unsaturated/α-hetero) is 2. The van der Waals surface area contributed by atoms with E-state index in [1.54, 1.807) is 39.2 Å². The third-order valence-corrected chi connectivity index (χ3v) is 8.29. The number of carbonyl (C=O) groups excluding carboxylic acids is 4. The number of carbonyl (C=O) groups is 4. The minimum absolute atomic E-state index is 0.00827. The van der Waals surface area contributed by atoms with E-state index in [1.807, 2.05) is 13.8 Å². The third kappa shape index (κ3) is 4.80. The highest BCUT2D eigenvalue weighted by atomic mass is 16.3. The molecule has 1 fully saturated rings. The van der Waals surface area contributed by atoms with Crippen LogP contribution < -0.4 is 21.3 Å². The van der Waals surface area contributed by atoms with Gasteiger partial charge in [-0.1, -0.05) is 13.8 Å². The fraction of sp³-hybridized carbons (Fsp3) is 0.517. The van der Waals surface area contributed by atoms with Crippen molar-refractivity contribution in [2.45, 2.75) is 38.3 Å².